The van der Waals surface area contributed by atoms with E-state index in [0.29, 0.717) is 17.7 Å². The third kappa shape index (κ3) is 3.84. The Labute approximate surface area is 128 Å². The normalized spacial score (nSPS) is 15.0. The summed E-state index contributed by atoms with van der Waals surface area (Å²) in [6.45, 7) is 11.2. The fourth-order valence-corrected chi connectivity index (χ4v) is 4.63. The molecular weight excluding hydrogens is 286 g/mol. The van der Waals surface area contributed by atoms with Gasteiger partial charge in [0.15, 0.2) is 0 Å². The van der Waals surface area contributed by atoms with E-state index in [1.807, 2.05) is 47.6 Å². The number of nitrogens with one attached hydrogen (secondary N) is 1. The number of aryl methyl sites for hydroxylation is 2. The number of hydrogen-bond donors (Lipinski definition) is 2. The molecule has 21 heavy (non-hydrogen) atoms. The highest BCUT2D eigenvalue weighted by Crippen LogP contribution is 2.28. The SMILES string of the molecule is CCC(C)(CCO)NS(=O)(=O)c1c(C)c(C)cc(C)c1C. The van der Waals surface area contributed by atoms with E-state index in [4.69, 9.17) is 5.11 Å². The predicted octanol–water partition coefficient (Wildman–Crippen LogP) is 2.75. The van der Waals surface area contributed by atoms with E-state index in [1.165, 1.54) is 0 Å². The van der Waals surface area contributed by atoms with Crippen molar-refractivity contribution >= 4 is 10.0 Å². The van der Waals surface area contributed by atoms with E-state index in [2.05, 4.69) is 4.72 Å². The lowest BCUT2D eigenvalue weighted by Gasteiger charge is -2.29. The van der Waals surface area contributed by atoms with Gasteiger partial charge in [0.1, 0.15) is 0 Å². The molecular formula is C16H27NO3S. The van der Waals surface area contributed by atoms with Crippen molar-refractivity contribution in [2.75, 3.05) is 6.61 Å². The molecule has 0 aromatic heterocycles. The molecule has 0 aliphatic heterocycles. The number of aliphatic hydroxyl groups is 1. The second kappa shape index (κ2) is 6.46. The number of sulfonamides is 1. The molecule has 2 N–H and O–H groups in total. The zero-order chi connectivity index (χ0) is 16.4. The molecule has 120 valence electrons. The van der Waals surface area contributed by atoms with Gasteiger partial charge in [-0.3, -0.25) is 0 Å². The van der Waals surface area contributed by atoms with E-state index in [1.54, 1.807) is 0 Å². The number of rotatable bonds is 6. The molecule has 0 saturated carbocycles. The smallest absolute Gasteiger partial charge is 0.241 e. The van der Waals surface area contributed by atoms with E-state index in [0.717, 1.165) is 22.3 Å². The number of hydrogen-bond acceptors (Lipinski definition) is 3. The van der Waals surface area contributed by atoms with Gasteiger partial charge in [-0.2, -0.15) is 0 Å². The van der Waals surface area contributed by atoms with Crippen LogP contribution in [0, 0.1) is 27.7 Å². The molecule has 1 rings (SSSR count). The lowest BCUT2D eigenvalue weighted by Crippen LogP contribution is -2.46. The first kappa shape index (κ1) is 18.1. The predicted molar refractivity (Wildman–Crippen MR) is 86.1 cm³/mol. The standard InChI is InChI=1S/C16H27NO3S/c1-7-16(6,8-9-18)17-21(19,20)15-13(4)11(2)10-12(3)14(15)5/h10,17-18H,7-9H2,1-6H3. The van der Waals surface area contributed by atoms with Gasteiger partial charge in [-0.1, -0.05) is 13.0 Å². The molecule has 0 radical (unpaired) electrons. The van der Waals surface area contributed by atoms with Gasteiger partial charge in [-0.25, -0.2) is 13.1 Å². The van der Waals surface area contributed by atoms with Crippen molar-refractivity contribution in [2.24, 2.45) is 0 Å². The Hall–Kier alpha value is -0.910. The monoisotopic (exact) mass is 313 g/mol. The second-order valence-corrected chi connectivity index (χ2v) is 7.70. The van der Waals surface area contributed by atoms with Crippen molar-refractivity contribution in [3.05, 3.63) is 28.3 Å². The van der Waals surface area contributed by atoms with Gasteiger partial charge in [-0.05, 0) is 69.7 Å². The van der Waals surface area contributed by atoms with Crippen LogP contribution in [0.2, 0.25) is 0 Å². The Morgan fingerprint density at radius 3 is 2.00 bits per heavy atom. The van der Waals surface area contributed by atoms with Crippen LogP contribution in [0.5, 0.6) is 0 Å². The minimum Gasteiger partial charge on any atom is -0.396 e. The first-order valence-electron chi connectivity index (χ1n) is 7.30. The van der Waals surface area contributed by atoms with Crippen LogP contribution in [0.3, 0.4) is 0 Å². The van der Waals surface area contributed by atoms with Crippen LogP contribution in [0.1, 0.15) is 48.9 Å². The van der Waals surface area contributed by atoms with Gasteiger partial charge >= 0.3 is 0 Å². The van der Waals surface area contributed by atoms with E-state index in [-0.39, 0.29) is 6.61 Å². The van der Waals surface area contributed by atoms with Gasteiger partial charge in [0, 0.05) is 12.1 Å². The average Bonchev–Trinajstić information content (AvgIpc) is 2.36. The molecule has 1 aromatic carbocycles. The van der Waals surface area contributed by atoms with E-state index >= 15 is 0 Å². The molecule has 1 unspecified atom stereocenters. The fraction of sp³-hybridized carbons (Fsp3) is 0.625. The van der Waals surface area contributed by atoms with Crippen molar-refractivity contribution in [1.82, 2.24) is 4.72 Å². The van der Waals surface area contributed by atoms with Crippen molar-refractivity contribution < 1.29 is 13.5 Å². The molecule has 0 saturated heterocycles. The second-order valence-electron chi connectivity index (χ2n) is 6.08. The van der Waals surface area contributed by atoms with Crippen LogP contribution in [0.4, 0.5) is 0 Å². The first-order chi connectivity index (χ1) is 9.58. The quantitative estimate of drug-likeness (QED) is 0.848. The van der Waals surface area contributed by atoms with Crippen LogP contribution in [0.25, 0.3) is 0 Å². The Kier molecular flexibility index (Phi) is 5.58. The zero-order valence-electron chi connectivity index (χ0n) is 13.9. The van der Waals surface area contributed by atoms with Gasteiger partial charge in [0.05, 0.1) is 4.90 Å². The van der Waals surface area contributed by atoms with Crippen LogP contribution in [0.15, 0.2) is 11.0 Å². The lowest BCUT2D eigenvalue weighted by molar-refractivity contribution is 0.233. The van der Waals surface area contributed by atoms with Crippen molar-refractivity contribution in [1.29, 1.82) is 0 Å². The minimum atomic E-state index is -3.62. The maximum absolute atomic E-state index is 12.8. The molecule has 0 aliphatic rings. The summed E-state index contributed by atoms with van der Waals surface area (Å²) >= 11 is 0. The Morgan fingerprint density at radius 1 is 1.14 bits per heavy atom. The Balaban J connectivity index is 3.39. The van der Waals surface area contributed by atoms with E-state index in [9.17, 15) is 8.42 Å². The minimum absolute atomic E-state index is 0.0440. The highest BCUT2D eigenvalue weighted by atomic mass is 32.2. The molecule has 0 bridgehead atoms. The lowest BCUT2D eigenvalue weighted by atomic mass is 9.97. The summed E-state index contributed by atoms with van der Waals surface area (Å²) in [6, 6.07) is 2.01. The molecule has 0 amide bonds. The largest absolute Gasteiger partial charge is 0.396 e. The molecule has 0 fully saturated rings. The van der Waals surface area contributed by atoms with Gasteiger partial charge < -0.3 is 5.11 Å². The van der Waals surface area contributed by atoms with Gasteiger partial charge in [0.25, 0.3) is 0 Å². The first-order valence-corrected chi connectivity index (χ1v) is 8.78. The summed E-state index contributed by atoms with van der Waals surface area (Å²) in [5, 5.41) is 9.16. The van der Waals surface area contributed by atoms with Crippen LogP contribution in [-0.2, 0) is 10.0 Å². The number of aliphatic hydroxyl groups excluding tert-OH is 1. The average molecular weight is 313 g/mol. The van der Waals surface area contributed by atoms with Crippen LogP contribution in [-0.4, -0.2) is 25.7 Å². The van der Waals surface area contributed by atoms with E-state index < -0.39 is 15.6 Å². The Morgan fingerprint density at radius 2 is 1.62 bits per heavy atom. The summed E-state index contributed by atoms with van der Waals surface area (Å²) in [4.78, 5) is 0.373. The van der Waals surface area contributed by atoms with Crippen molar-refractivity contribution in [3.8, 4) is 0 Å². The summed E-state index contributed by atoms with van der Waals surface area (Å²) in [7, 11) is -3.62. The molecule has 4 nitrogen and oxygen atoms in total. The van der Waals surface area contributed by atoms with Crippen LogP contribution >= 0.6 is 0 Å². The van der Waals surface area contributed by atoms with Crippen LogP contribution < -0.4 is 4.72 Å². The third-order valence-corrected chi connectivity index (χ3v) is 6.30. The zero-order valence-corrected chi connectivity index (χ0v) is 14.7. The van der Waals surface area contributed by atoms with Gasteiger partial charge in [-0.15, -0.1) is 0 Å². The molecule has 0 spiro atoms. The molecule has 5 heteroatoms. The van der Waals surface area contributed by atoms with Gasteiger partial charge in [0.2, 0.25) is 10.0 Å². The maximum atomic E-state index is 12.8. The molecule has 1 atom stereocenters. The molecule has 1 aromatic rings. The Bertz CT molecular complexity index is 597. The topological polar surface area (TPSA) is 66.4 Å². The summed E-state index contributed by atoms with van der Waals surface area (Å²) in [6.07, 6.45) is 1.02. The fourth-order valence-electron chi connectivity index (χ4n) is 2.51. The number of benzene rings is 1. The third-order valence-electron chi connectivity index (χ3n) is 4.39. The molecule has 0 aliphatic carbocycles. The highest BCUT2D eigenvalue weighted by Gasteiger charge is 2.31. The highest BCUT2D eigenvalue weighted by molar-refractivity contribution is 7.89. The van der Waals surface area contributed by atoms with Crippen molar-refractivity contribution in [3.63, 3.8) is 0 Å². The summed E-state index contributed by atoms with van der Waals surface area (Å²) in [5.41, 5.74) is 2.88. The maximum Gasteiger partial charge on any atom is 0.241 e. The van der Waals surface area contributed by atoms with Crippen molar-refractivity contribution in [2.45, 2.75) is 64.8 Å². The summed E-state index contributed by atoms with van der Waals surface area (Å²) < 4.78 is 28.5. The summed E-state index contributed by atoms with van der Waals surface area (Å²) in [5.74, 6) is 0. The molecule has 0 heterocycles.